The van der Waals surface area contributed by atoms with Crippen molar-refractivity contribution in [2.45, 2.75) is 0 Å². The van der Waals surface area contributed by atoms with Gasteiger partial charge in [-0.3, -0.25) is 4.79 Å². The molecule has 0 saturated heterocycles. The highest BCUT2D eigenvalue weighted by Gasteiger charge is 2.05. The number of nitrogens with one attached hydrogen (secondary N) is 1. The number of benzene rings is 2. The van der Waals surface area contributed by atoms with Crippen LogP contribution in [0.4, 0.5) is 4.39 Å². The number of ether oxygens (including phenoxy) is 1. The summed E-state index contributed by atoms with van der Waals surface area (Å²) in [6.07, 6.45) is 1.54. The molecule has 2 aromatic rings. The maximum absolute atomic E-state index is 13.3. The van der Waals surface area contributed by atoms with Crippen LogP contribution in [0.1, 0.15) is 5.56 Å². The van der Waals surface area contributed by atoms with E-state index < -0.39 is 11.7 Å². The highest BCUT2D eigenvalue weighted by Crippen LogP contribution is 2.14. The van der Waals surface area contributed by atoms with Crippen LogP contribution < -0.4 is 10.2 Å². The van der Waals surface area contributed by atoms with Gasteiger partial charge in [-0.1, -0.05) is 30.3 Å². The van der Waals surface area contributed by atoms with Gasteiger partial charge < -0.3 is 4.74 Å². The summed E-state index contributed by atoms with van der Waals surface area (Å²) in [5.41, 5.74) is 3.22. The summed E-state index contributed by atoms with van der Waals surface area (Å²) in [6, 6.07) is 13.5. The van der Waals surface area contributed by atoms with Gasteiger partial charge in [-0.15, -0.1) is 0 Å². The monoisotopic (exact) mass is 398 g/mol. The van der Waals surface area contributed by atoms with Crippen LogP contribution in [0, 0.1) is 9.39 Å². The molecule has 0 bridgehead atoms. The molecule has 0 saturated carbocycles. The van der Waals surface area contributed by atoms with E-state index in [1.807, 2.05) is 24.3 Å². The fourth-order valence-corrected chi connectivity index (χ4v) is 2.02. The molecular weight excluding hydrogens is 386 g/mol. The maximum atomic E-state index is 13.3. The molecule has 1 amide bonds. The number of nitrogens with zero attached hydrogens (tertiary/aromatic N) is 1. The average Bonchev–Trinajstić information content (AvgIpc) is 2.48. The number of carbonyl (C=O) groups is 1. The standard InChI is InChI=1S/C15H12FIN2O2/c16-12-6-2-4-8-14(12)21-10-15(20)19-18-9-11-5-1-3-7-13(11)17/h1-9H,10H2,(H,19,20)/b18-9-. The minimum Gasteiger partial charge on any atom is -0.481 e. The van der Waals surface area contributed by atoms with E-state index >= 15 is 0 Å². The molecule has 2 aromatic carbocycles. The van der Waals surface area contributed by atoms with Crippen molar-refractivity contribution in [1.29, 1.82) is 0 Å². The third-order valence-corrected chi connectivity index (χ3v) is 3.48. The van der Waals surface area contributed by atoms with Crippen molar-refractivity contribution in [1.82, 2.24) is 5.43 Å². The first-order valence-electron chi connectivity index (χ1n) is 6.10. The number of hydrogen-bond donors (Lipinski definition) is 1. The van der Waals surface area contributed by atoms with E-state index in [4.69, 9.17) is 4.74 Å². The van der Waals surface area contributed by atoms with Gasteiger partial charge in [0.15, 0.2) is 18.2 Å². The number of hydrazone groups is 1. The predicted molar refractivity (Wildman–Crippen MR) is 86.8 cm³/mol. The van der Waals surface area contributed by atoms with E-state index in [9.17, 15) is 9.18 Å². The Hall–Kier alpha value is -1.96. The van der Waals surface area contributed by atoms with Crippen molar-refractivity contribution in [3.8, 4) is 5.75 Å². The second-order valence-electron chi connectivity index (χ2n) is 4.03. The Labute approximate surface area is 135 Å². The van der Waals surface area contributed by atoms with Crippen molar-refractivity contribution in [3.05, 3.63) is 63.5 Å². The summed E-state index contributed by atoms with van der Waals surface area (Å²) >= 11 is 2.18. The molecule has 0 spiro atoms. The highest BCUT2D eigenvalue weighted by molar-refractivity contribution is 14.1. The van der Waals surface area contributed by atoms with Gasteiger partial charge in [0.25, 0.3) is 5.91 Å². The lowest BCUT2D eigenvalue weighted by Gasteiger charge is -2.05. The number of rotatable bonds is 5. The molecular formula is C15H12FIN2O2. The molecule has 0 unspecified atom stereocenters. The van der Waals surface area contributed by atoms with E-state index in [1.165, 1.54) is 12.1 Å². The van der Waals surface area contributed by atoms with Crippen LogP contribution in [0.25, 0.3) is 0 Å². The second kappa shape index (κ2) is 7.72. The lowest BCUT2D eigenvalue weighted by atomic mass is 10.2. The summed E-state index contributed by atoms with van der Waals surface area (Å²) < 4.78 is 19.4. The van der Waals surface area contributed by atoms with E-state index in [0.717, 1.165) is 9.13 Å². The van der Waals surface area contributed by atoms with Crippen LogP contribution in [0.3, 0.4) is 0 Å². The molecule has 0 fully saturated rings. The fourth-order valence-electron chi connectivity index (χ4n) is 1.49. The Kier molecular flexibility index (Phi) is 5.68. The number of halogens is 2. The molecule has 0 aliphatic carbocycles. The lowest BCUT2D eigenvalue weighted by Crippen LogP contribution is -2.24. The molecule has 2 rings (SSSR count). The Morgan fingerprint density at radius 1 is 1.24 bits per heavy atom. The van der Waals surface area contributed by atoms with Crippen molar-refractivity contribution < 1.29 is 13.9 Å². The molecule has 0 heterocycles. The SMILES string of the molecule is O=C(COc1ccccc1F)N/N=C\c1ccccc1I. The maximum Gasteiger partial charge on any atom is 0.277 e. The highest BCUT2D eigenvalue weighted by atomic mass is 127. The van der Waals surface area contributed by atoms with E-state index in [1.54, 1.807) is 18.3 Å². The zero-order valence-corrected chi connectivity index (χ0v) is 13.1. The normalized spacial score (nSPS) is 10.6. The largest absolute Gasteiger partial charge is 0.481 e. The summed E-state index contributed by atoms with van der Waals surface area (Å²) in [4.78, 5) is 11.5. The third-order valence-electron chi connectivity index (χ3n) is 2.49. The van der Waals surface area contributed by atoms with Gasteiger partial charge in [-0.25, -0.2) is 9.82 Å². The smallest absolute Gasteiger partial charge is 0.277 e. The Balaban J connectivity index is 1.83. The van der Waals surface area contributed by atoms with Gasteiger partial charge in [0, 0.05) is 9.13 Å². The van der Waals surface area contributed by atoms with Crippen LogP contribution in [0.2, 0.25) is 0 Å². The van der Waals surface area contributed by atoms with E-state index in [-0.39, 0.29) is 12.4 Å². The van der Waals surface area contributed by atoms with Crippen LogP contribution in [0.5, 0.6) is 5.75 Å². The van der Waals surface area contributed by atoms with Crippen molar-refractivity contribution in [2.24, 2.45) is 5.10 Å². The fraction of sp³-hybridized carbons (Fsp3) is 0.0667. The summed E-state index contributed by atoms with van der Waals surface area (Å²) in [5.74, 6) is -0.928. The third kappa shape index (κ3) is 4.82. The molecule has 0 aliphatic heterocycles. The van der Waals surface area contributed by atoms with Gasteiger partial charge in [0.1, 0.15) is 0 Å². The molecule has 6 heteroatoms. The van der Waals surface area contributed by atoms with Crippen LogP contribution in [0.15, 0.2) is 53.6 Å². The molecule has 0 atom stereocenters. The zero-order chi connectivity index (χ0) is 15.1. The van der Waals surface area contributed by atoms with Gasteiger partial charge in [0.2, 0.25) is 0 Å². The first-order chi connectivity index (χ1) is 10.2. The molecule has 108 valence electrons. The number of para-hydroxylation sites is 1. The van der Waals surface area contributed by atoms with Crippen LogP contribution in [-0.2, 0) is 4.79 Å². The quantitative estimate of drug-likeness (QED) is 0.479. The Bertz CT molecular complexity index is 662. The summed E-state index contributed by atoms with van der Waals surface area (Å²) in [6.45, 7) is -0.301. The Morgan fingerprint density at radius 3 is 2.71 bits per heavy atom. The molecule has 0 aromatic heterocycles. The number of carbonyl (C=O) groups excluding carboxylic acids is 1. The van der Waals surface area contributed by atoms with Gasteiger partial charge in [-0.2, -0.15) is 5.10 Å². The second-order valence-corrected chi connectivity index (χ2v) is 5.20. The average molecular weight is 398 g/mol. The minimum absolute atomic E-state index is 0.0363. The molecule has 1 N–H and O–H groups in total. The van der Waals surface area contributed by atoms with Gasteiger partial charge in [-0.05, 0) is 40.8 Å². The van der Waals surface area contributed by atoms with Crippen molar-refractivity contribution in [3.63, 3.8) is 0 Å². The summed E-state index contributed by atoms with van der Waals surface area (Å²) in [5, 5.41) is 3.83. The summed E-state index contributed by atoms with van der Waals surface area (Å²) in [7, 11) is 0. The Morgan fingerprint density at radius 2 is 1.95 bits per heavy atom. The molecule has 0 radical (unpaired) electrons. The van der Waals surface area contributed by atoms with Crippen LogP contribution in [-0.4, -0.2) is 18.7 Å². The van der Waals surface area contributed by atoms with Gasteiger partial charge in [0.05, 0.1) is 6.21 Å². The minimum atomic E-state index is -0.507. The zero-order valence-electron chi connectivity index (χ0n) is 10.9. The lowest BCUT2D eigenvalue weighted by molar-refractivity contribution is -0.123. The first-order valence-corrected chi connectivity index (χ1v) is 7.18. The van der Waals surface area contributed by atoms with E-state index in [0.29, 0.717) is 0 Å². The topological polar surface area (TPSA) is 50.7 Å². The first kappa shape index (κ1) is 15.4. The van der Waals surface area contributed by atoms with Crippen molar-refractivity contribution in [2.75, 3.05) is 6.61 Å². The van der Waals surface area contributed by atoms with E-state index in [2.05, 4.69) is 33.1 Å². The molecule has 4 nitrogen and oxygen atoms in total. The molecule has 0 aliphatic rings. The van der Waals surface area contributed by atoms with Crippen molar-refractivity contribution >= 4 is 34.7 Å². The number of hydrogen-bond acceptors (Lipinski definition) is 3. The van der Waals surface area contributed by atoms with Crippen LogP contribution >= 0.6 is 22.6 Å². The number of amides is 1. The molecule has 21 heavy (non-hydrogen) atoms. The predicted octanol–water partition coefficient (Wildman–Crippen LogP) is 2.96. The van der Waals surface area contributed by atoms with Gasteiger partial charge >= 0.3 is 0 Å².